The maximum atomic E-state index is 10.9. The quantitative estimate of drug-likeness (QED) is 0.788. The van der Waals surface area contributed by atoms with Gasteiger partial charge in [0.15, 0.2) is 0 Å². The standard InChI is InChI=1S/C8H11ClN2OS/c1-5-4-13-8(10-5)6(2)11-7(12)3-9/h4,6H,3H2,1-2H3,(H,11,12). The van der Waals surface area contributed by atoms with E-state index in [2.05, 4.69) is 10.3 Å². The lowest BCUT2D eigenvalue weighted by molar-refractivity contribution is -0.119. The Morgan fingerprint density at radius 1 is 1.85 bits per heavy atom. The van der Waals surface area contributed by atoms with Gasteiger partial charge in [0.2, 0.25) is 5.91 Å². The number of nitrogens with zero attached hydrogens (tertiary/aromatic N) is 1. The number of carbonyl (C=O) groups is 1. The van der Waals surface area contributed by atoms with E-state index in [0.717, 1.165) is 10.7 Å². The second kappa shape index (κ2) is 4.58. The van der Waals surface area contributed by atoms with Crippen LogP contribution in [-0.2, 0) is 4.79 Å². The van der Waals surface area contributed by atoms with Gasteiger partial charge in [0.1, 0.15) is 10.9 Å². The third-order valence-electron chi connectivity index (χ3n) is 1.51. The molecule has 1 heterocycles. The molecule has 0 spiro atoms. The van der Waals surface area contributed by atoms with Gasteiger partial charge in [0, 0.05) is 11.1 Å². The predicted octanol–water partition coefficient (Wildman–Crippen LogP) is 1.87. The zero-order valence-electron chi connectivity index (χ0n) is 7.50. The van der Waals surface area contributed by atoms with Crippen molar-refractivity contribution in [2.24, 2.45) is 0 Å². The minimum absolute atomic E-state index is 0.00526. The first-order valence-electron chi connectivity index (χ1n) is 3.91. The molecular weight excluding hydrogens is 208 g/mol. The Bertz CT molecular complexity index is 300. The summed E-state index contributed by atoms with van der Waals surface area (Å²) < 4.78 is 0. The topological polar surface area (TPSA) is 42.0 Å². The third kappa shape index (κ3) is 2.97. The minimum Gasteiger partial charge on any atom is -0.346 e. The monoisotopic (exact) mass is 218 g/mol. The van der Waals surface area contributed by atoms with Gasteiger partial charge >= 0.3 is 0 Å². The van der Waals surface area contributed by atoms with Gasteiger partial charge in [-0.15, -0.1) is 22.9 Å². The highest BCUT2D eigenvalue weighted by Crippen LogP contribution is 2.16. The van der Waals surface area contributed by atoms with E-state index in [1.807, 2.05) is 19.2 Å². The fraction of sp³-hybridized carbons (Fsp3) is 0.500. The van der Waals surface area contributed by atoms with E-state index in [0.29, 0.717) is 0 Å². The lowest BCUT2D eigenvalue weighted by atomic mass is 10.3. The Hall–Kier alpha value is -0.610. The second-order valence-electron chi connectivity index (χ2n) is 2.75. The van der Waals surface area contributed by atoms with Gasteiger partial charge in [-0.3, -0.25) is 4.79 Å². The number of thiazole rings is 1. The molecule has 0 bridgehead atoms. The average Bonchev–Trinajstić information content (AvgIpc) is 2.51. The number of amides is 1. The predicted molar refractivity (Wildman–Crippen MR) is 54.1 cm³/mol. The maximum Gasteiger partial charge on any atom is 0.235 e. The summed E-state index contributed by atoms with van der Waals surface area (Å²) in [6.45, 7) is 3.82. The first-order chi connectivity index (χ1) is 6.13. The molecule has 0 aliphatic rings. The van der Waals surface area contributed by atoms with Gasteiger partial charge in [0.25, 0.3) is 0 Å². The highest BCUT2D eigenvalue weighted by atomic mass is 35.5. The summed E-state index contributed by atoms with van der Waals surface area (Å²) in [6.07, 6.45) is 0. The highest BCUT2D eigenvalue weighted by Gasteiger charge is 2.11. The van der Waals surface area contributed by atoms with E-state index < -0.39 is 0 Å². The van der Waals surface area contributed by atoms with Crippen molar-refractivity contribution in [3.63, 3.8) is 0 Å². The molecule has 3 nitrogen and oxygen atoms in total. The Kier molecular flexibility index (Phi) is 3.69. The van der Waals surface area contributed by atoms with Crippen LogP contribution in [0.2, 0.25) is 0 Å². The Labute approximate surface area is 86.1 Å². The molecule has 0 aliphatic heterocycles. The summed E-state index contributed by atoms with van der Waals surface area (Å²) in [6, 6.07) is -0.0510. The van der Waals surface area contributed by atoms with Crippen molar-refractivity contribution >= 4 is 28.8 Å². The second-order valence-corrected chi connectivity index (χ2v) is 3.91. The SMILES string of the molecule is Cc1csc(C(C)NC(=O)CCl)n1. The lowest BCUT2D eigenvalue weighted by Crippen LogP contribution is -2.27. The number of alkyl halides is 1. The average molecular weight is 219 g/mol. The number of hydrogen-bond acceptors (Lipinski definition) is 3. The van der Waals surface area contributed by atoms with Gasteiger partial charge < -0.3 is 5.32 Å². The molecule has 1 aromatic heterocycles. The summed E-state index contributed by atoms with van der Waals surface area (Å²) in [7, 11) is 0. The van der Waals surface area contributed by atoms with E-state index in [4.69, 9.17) is 11.6 Å². The van der Waals surface area contributed by atoms with Crippen molar-refractivity contribution in [1.29, 1.82) is 0 Å². The molecule has 1 N–H and O–H groups in total. The van der Waals surface area contributed by atoms with Crippen molar-refractivity contribution in [1.82, 2.24) is 10.3 Å². The van der Waals surface area contributed by atoms with E-state index in [1.165, 1.54) is 0 Å². The van der Waals surface area contributed by atoms with Gasteiger partial charge in [-0.05, 0) is 13.8 Å². The normalized spacial score (nSPS) is 12.5. The fourth-order valence-electron chi connectivity index (χ4n) is 0.913. The van der Waals surface area contributed by atoms with Crippen LogP contribution in [0.15, 0.2) is 5.38 Å². The molecule has 0 fully saturated rings. The molecule has 1 atom stereocenters. The van der Waals surface area contributed by atoms with Crippen molar-refractivity contribution in [3.05, 3.63) is 16.1 Å². The summed E-state index contributed by atoms with van der Waals surface area (Å²) in [5.74, 6) is -0.170. The molecule has 1 rings (SSSR count). The zero-order valence-corrected chi connectivity index (χ0v) is 9.08. The smallest absolute Gasteiger partial charge is 0.235 e. The van der Waals surface area contributed by atoms with Crippen LogP contribution in [0.25, 0.3) is 0 Å². The summed E-state index contributed by atoms with van der Waals surface area (Å²) in [5.41, 5.74) is 0.979. The molecular formula is C8H11ClN2OS. The van der Waals surface area contributed by atoms with Crippen LogP contribution in [0.4, 0.5) is 0 Å². The molecule has 0 radical (unpaired) electrons. The molecule has 1 amide bonds. The zero-order chi connectivity index (χ0) is 9.84. The van der Waals surface area contributed by atoms with Gasteiger partial charge in [-0.2, -0.15) is 0 Å². The molecule has 13 heavy (non-hydrogen) atoms. The van der Waals surface area contributed by atoms with Crippen molar-refractivity contribution in [2.45, 2.75) is 19.9 Å². The minimum atomic E-state index is -0.165. The summed E-state index contributed by atoms with van der Waals surface area (Å²) >= 11 is 6.90. The van der Waals surface area contributed by atoms with Crippen molar-refractivity contribution < 1.29 is 4.79 Å². The molecule has 72 valence electrons. The number of rotatable bonds is 3. The largest absolute Gasteiger partial charge is 0.346 e. The first-order valence-corrected chi connectivity index (χ1v) is 5.32. The molecule has 0 saturated heterocycles. The Balaban J connectivity index is 2.58. The molecule has 0 saturated carbocycles. The number of aromatic nitrogens is 1. The van der Waals surface area contributed by atoms with Crippen LogP contribution < -0.4 is 5.32 Å². The van der Waals surface area contributed by atoms with E-state index in [1.54, 1.807) is 11.3 Å². The number of aryl methyl sites for hydroxylation is 1. The summed E-state index contributed by atoms with van der Waals surface area (Å²) in [4.78, 5) is 15.2. The number of carbonyl (C=O) groups excluding carboxylic acids is 1. The van der Waals surface area contributed by atoms with E-state index >= 15 is 0 Å². The molecule has 0 aliphatic carbocycles. The summed E-state index contributed by atoms with van der Waals surface area (Å²) in [5, 5.41) is 5.61. The van der Waals surface area contributed by atoms with E-state index in [-0.39, 0.29) is 17.8 Å². The molecule has 1 unspecified atom stereocenters. The number of halogens is 1. The lowest BCUT2D eigenvalue weighted by Gasteiger charge is -2.08. The Morgan fingerprint density at radius 3 is 3.00 bits per heavy atom. The fourth-order valence-corrected chi connectivity index (χ4v) is 1.79. The number of hydrogen-bond donors (Lipinski definition) is 1. The highest BCUT2D eigenvalue weighted by molar-refractivity contribution is 7.09. The van der Waals surface area contributed by atoms with Gasteiger partial charge in [0.05, 0.1) is 6.04 Å². The van der Waals surface area contributed by atoms with Gasteiger partial charge in [-0.1, -0.05) is 0 Å². The molecule has 1 aromatic rings. The van der Waals surface area contributed by atoms with Crippen LogP contribution in [0.1, 0.15) is 23.7 Å². The van der Waals surface area contributed by atoms with E-state index in [9.17, 15) is 4.79 Å². The van der Waals surface area contributed by atoms with Crippen LogP contribution in [-0.4, -0.2) is 16.8 Å². The van der Waals surface area contributed by atoms with Crippen LogP contribution in [0.3, 0.4) is 0 Å². The molecule has 5 heteroatoms. The number of nitrogens with one attached hydrogen (secondary N) is 1. The van der Waals surface area contributed by atoms with Crippen LogP contribution in [0, 0.1) is 6.92 Å². The van der Waals surface area contributed by atoms with Crippen molar-refractivity contribution in [2.75, 3.05) is 5.88 Å². The van der Waals surface area contributed by atoms with Crippen LogP contribution >= 0.6 is 22.9 Å². The van der Waals surface area contributed by atoms with Crippen LogP contribution in [0.5, 0.6) is 0 Å². The first kappa shape index (κ1) is 10.5. The third-order valence-corrected chi connectivity index (χ3v) is 2.89. The maximum absolute atomic E-state index is 10.9. The van der Waals surface area contributed by atoms with Gasteiger partial charge in [-0.25, -0.2) is 4.98 Å². The van der Waals surface area contributed by atoms with Crippen molar-refractivity contribution in [3.8, 4) is 0 Å². The Morgan fingerprint density at radius 2 is 2.54 bits per heavy atom. The molecule has 0 aromatic carbocycles.